The maximum Gasteiger partial charge on any atom is 0.318 e. The molecule has 25 heavy (non-hydrogen) atoms. The number of ether oxygens (including phenoxy) is 2. The first kappa shape index (κ1) is 16.8. The van der Waals surface area contributed by atoms with Crippen LogP contribution in [0.1, 0.15) is 57.1 Å². The summed E-state index contributed by atoms with van der Waals surface area (Å²) in [6.45, 7) is 4.25. The molecule has 0 aromatic carbocycles. The lowest BCUT2D eigenvalue weighted by Gasteiger charge is -2.53. The van der Waals surface area contributed by atoms with Crippen molar-refractivity contribution in [2.24, 2.45) is 0 Å². The largest absolute Gasteiger partial charge is 0.375 e. The Morgan fingerprint density at radius 3 is 3.16 bits per heavy atom. The van der Waals surface area contributed by atoms with Gasteiger partial charge in [0.15, 0.2) is 0 Å². The molecule has 1 aromatic rings. The smallest absolute Gasteiger partial charge is 0.318 e. The number of aromatic amines is 1. The summed E-state index contributed by atoms with van der Waals surface area (Å²) in [4.78, 5) is 15.0. The van der Waals surface area contributed by atoms with Gasteiger partial charge in [-0.2, -0.15) is 5.10 Å². The van der Waals surface area contributed by atoms with Gasteiger partial charge in [-0.05, 0) is 45.4 Å². The van der Waals surface area contributed by atoms with Crippen molar-refractivity contribution in [3.8, 4) is 0 Å². The molecule has 2 aliphatic heterocycles. The van der Waals surface area contributed by atoms with Gasteiger partial charge in [0.2, 0.25) is 0 Å². The Bertz CT molecular complexity index is 585. The van der Waals surface area contributed by atoms with Crippen LogP contribution in [0, 0.1) is 0 Å². The number of aromatic nitrogens is 2. The molecule has 1 spiro atoms. The lowest BCUT2D eigenvalue weighted by atomic mass is 9.70. The van der Waals surface area contributed by atoms with E-state index < -0.39 is 0 Å². The second kappa shape index (κ2) is 6.96. The summed E-state index contributed by atoms with van der Waals surface area (Å²) in [5.74, 6) is 0. The van der Waals surface area contributed by atoms with Crippen molar-refractivity contribution in [3.63, 3.8) is 0 Å². The Labute approximate surface area is 148 Å². The van der Waals surface area contributed by atoms with E-state index in [9.17, 15) is 4.79 Å². The van der Waals surface area contributed by atoms with Crippen molar-refractivity contribution >= 4 is 6.03 Å². The van der Waals surface area contributed by atoms with E-state index in [1.807, 2.05) is 24.2 Å². The minimum absolute atomic E-state index is 0.0146. The van der Waals surface area contributed by atoms with Crippen molar-refractivity contribution < 1.29 is 14.3 Å². The van der Waals surface area contributed by atoms with E-state index in [0.29, 0.717) is 6.61 Å². The van der Waals surface area contributed by atoms with Crippen LogP contribution in [-0.2, 0) is 9.47 Å². The van der Waals surface area contributed by atoms with Crippen LogP contribution in [0.4, 0.5) is 4.79 Å². The number of carbonyl (C=O) groups excluding carboxylic acids is 1. The van der Waals surface area contributed by atoms with Gasteiger partial charge in [0.05, 0.1) is 24.4 Å². The molecule has 0 bridgehead atoms. The Kier molecular flexibility index (Phi) is 4.69. The fourth-order valence-electron chi connectivity index (χ4n) is 4.68. The van der Waals surface area contributed by atoms with E-state index in [2.05, 4.69) is 15.5 Å². The van der Waals surface area contributed by atoms with Gasteiger partial charge in [0.1, 0.15) is 5.60 Å². The van der Waals surface area contributed by atoms with E-state index in [1.54, 1.807) is 0 Å². The number of hydrogen-bond donors (Lipinski definition) is 2. The Balaban J connectivity index is 1.44. The first-order valence-corrected chi connectivity index (χ1v) is 9.56. The zero-order valence-electron chi connectivity index (χ0n) is 14.9. The quantitative estimate of drug-likeness (QED) is 0.875. The first-order chi connectivity index (χ1) is 12.2. The molecule has 1 saturated carbocycles. The molecule has 2 N–H and O–H groups in total. The van der Waals surface area contributed by atoms with Crippen molar-refractivity contribution in [2.45, 2.75) is 69.2 Å². The summed E-state index contributed by atoms with van der Waals surface area (Å²) >= 11 is 0. The third-order valence-electron chi connectivity index (χ3n) is 6.00. The summed E-state index contributed by atoms with van der Waals surface area (Å²) in [5.41, 5.74) is 0.773. The highest BCUT2D eigenvalue weighted by atomic mass is 16.6. The van der Waals surface area contributed by atoms with Crippen LogP contribution in [0.3, 0.4) is 0 Å². The predicted octanol–water partition coefficient (Wildman–Crippen LogP) is 2.37. The second-order valence-electron chi connectivity index (χ2n) is 7.33. The zero-order valence-corrected chi connectivity index (χ0v) is 14.9. The summed E-state index contributed by atoms with van der Waals surface area (Å²) in [5, 5.41) is 10.2. The molecule has 4 atom stereocenters. The summed E-state index contributed by atoms with van der Waals surface area (Å²) in [6, 6.07) is 0.169. The number of urea groups is 1. The minimum Gasteiger partial charge on any atom is -0.375 e. The molecule has 4 unspecified atom stereocenters. The van der Waals surface area contributed by atoms with Gasteiger partial charge in [0.25, 0.3) is 0 Å². The van der Waals surface area contributed by atoms with Crippen molar-refractivity contribution in [2.75, 3.05) is 19.8 Å². The monoisotopic (exact) mass is 348 g/mol. The molecule has 138 valence electrons. The second-order valence-corrected chi connectivity index (χ2v) is 7.33. The molecule has 7 nitrogen and oxygen atoms in total. The molecular formula is C18H28N4O3. The van der Waals surface area contributed by atoms with Crippen LogP contribution in [0.5, 0.6) is 0 Å². The highest BCUT2D eigenvalue weighted by Crippen LogP contribution is 2.46. The number of H-pyrrole nitrogens is 1. The Morgan fingerprint density at radius 2 is 2.44 bits per heavy atom. The molecule has 1 aromatic heterocycles. The average Bonchev–Trinajstić information content (AvgIpc) is 3.33. The molecule has 3 aliphatic rings. The van der Waals surface area contributed by atoms with E-state index >= 15 is 0 Å². The molecule has 1 aliphatic carbocycles. The molecule has 2 saturated heterocycles. The molecule has 7 heteroatoms. The number of nitrogens with zero attached hydrogens (tertiary/aromatic N) is 2. The molecule has 3 heterocycles. The third-order valence-corrected chi connectivity index (χ3v) is 6.00. The van der Waals surface area contributed by atoms with Crippen LogP contribution >= 0.6 is 0 Å². The molecule has 3 fully saturated rings. The maximum atomic E-state index is 13.0. The zero-order chi connectivity index (χ0) is 17.3. The molecule has 0 radical (unpaired) electrons. The number of carbonyl (C=O) groups is 1. The lowest BCUT2D eigenvalue weighted by Crippen LogP contribution is -2.70. The van der Waals surface area contributed by atoms with Crippen LogP contribution in [0.2, 0.25) is 0 Å². The molecular weight excluding hydrogens is 320 g/mol. The average molecular weight is 348 g/mol. The standard InChI is InChI=1S/C18H28N4O3/c1-2-24-16-10-15(18(16)7-5-9-25-18)21-17(23)22-8-4-3-6-14(22)13-11-19-20-12-13/h11-12,14-16H,2-10H2,1H3,(H,19,20)(H,21,23). The van der Waals surface area contributed by atoms with E-state index in [4.69, 9.17) is 9.47 Å². The molecule has 4 rings (SSSR count). The van der Waals surface area contributed by atoms with Gasteiger partial charge in [0, 0.05) is 31.5 Å². The predicted molar refractivity (Wildman–Crippen MR) is 92.2 cm³/mol. The van der Waals surface area contributed by atoms with Gasteiger partial charge in [-0.15, -0.1) is 0 Å². The summed E-state index contributed by atoms with van der Waals surface area (Å²) in [6.07, 6.45) is 9.85. The van der Waals surface area contributed by atoms with Gasteiger partial charge in [-0.3, -0.25) is 5.10 Å². The highest BCUT2D eigenvalue weighted by molar-refractivity contribution is 5.75. The Hall–Kier alpha value is -1.60. The van der Waals surface area contributed by atoms with Crippen molar-refractivity contribution in [1.82, 2.24) is 20.4 Å². The van der Waals surface area contributed by atoms with Crippen LogP contribution in [0.15, 0.2) is 12.4 Å². The molecule has 2 amide bonds. The SMILES string of the molecule is CCOC1CC(NC(=O)N2CCCCC2c2cn[nH]c2)C12CCCO2. The normalized spacial score (nSPS) is 34.9. The van der Waals surface area contributed by atoms with Crippen LogP contribution in [-0.4, -0.2) is 58.6 Å². The minimum atomic E-state index is -0.313. The highest BCUT2D eigenvalue weighted by Gasteiger charge is 2.59. The summed E-state index contributed by atoms with van der Waals surface area (Å²) < 4.78 is 11.9. The fraction of sp³-hybridized carbons (Fsp3) is 0.778. The van der Waals surface area contributed by atoms with Gasteiger partial charge in [-0.1, -0.05) is 0 Å². The van der Waals surface area contributed by atoms with E-state index in [-0.39, 0.29) is 29.8 Å². The fourth-order valence-corrected chi connectivity index (χ4v) is 4.68. The lowest BCUT2D eigenvalue weighted by molar-refractivity contribution is -0.195. The first-order valence-electron chi connectivity index (χ1n) is 9.56. The summed E-state index contributed by atoms with van der Waals surface area (Å²) in [7, 11) is 0. The van der Waals surface area contributed by atoms with Crippen LogP contribution < -0.4 is 5.32 Å². The van der Waals surface area contributed by atoms with E-state index in [1.165, 1.54) is 0 Å². The number of piperidine rings is 1. The Morgan fingerprint density at radius 1 is 1.52 bits per heavy atom. The number of likely N-dealkylation sites (tertiary alicyclic amines) is 1. The maximum absolute atomic E-state index is 13.0. The van der Waals surface area contributed by atoms with Crippen molar-refractivity contribution in [3.05, 3.63) is 18.0 Å². The van der Waals surface area contributed by atoms with Gasteiger partial charge >= 0.3 is 6.03 Å². The number of rotatable bonds is 4. The third kappa shape index (κ3) is 2.93. The van der Waals surface area contributed by atoms with Crippen LogP contribution in [0.25, 0.3) is 0 Å². The van der Waals surface area contributed by atoms with Gasteiger partial charge in [-0.25, -0.2) is 4.79 Å². The van der Waals surface area contributed by atoms with Gasteiger partial charge < -0.3 is 19.7 Å². The number of nitrogens with one attached hydrogen (secondary N) is 2. The van der Waals surface area contributed by atoms with E-state index in [0.717, 1.165) is 57.2 Å². The number of amides is 2. The van der Waals surface area contributed by atoms with Crippen molar-refractivity contribution in [1.29, 1.82) is 0 Å². The number of hydrogen-bond acceptors (Lipinski definition) is 4. The topological polar surface area (TPSA) is 79.5 Å².